The lowest BCUT2D eigenvalue weighted by Gasteiger charge is -2.36. The lowest BCUT2D eigenvalue weighted by Crippen LogP contribution is -2.59. The summed E-state index contributed by atoms with van der Waals surface area (Å²) in [6.45, 7) is 3.30. The highest BCUT2D eigenvalue weighted by Crippen LogP contribution is 2.31. The van der Waals surface area contributed by atoms with Crippen LogP contribution in [-0.2, 0) is 14.8 Å². The van der Waals surface area contributed by atoms with E-state index in [4.69, 9.17) is 11.1 Å². The van der Waals surface area contributed by atoms with E-state index in [9.17, 15) is 18.0 Å². The Morgan fingerprint density at radius 1 is 1.11 bits per heavy atom. The molecule has 0 aromatic heterocycles. The molecule has 1 saturated heterocycles. The molecule has 1 heterocycles. The third kappa shape index (κ3) is 6.44. The van der Waals surface area contributed by atoms with Crippen molar-refractivity contribution in [1.29, 1.82) is 5.41 Å². The van der Waals surface area contributed by atoms with E-state index in [-0.39, 0.29) is 22.6 Å². The summed E-state index contributed by atoms with van der Waals surface area (Å²) in [6.07, 6.45) is 4.87. The summed E-state index contributed by atoms with van der Waals surface area (Å²) in [5, 5.41) is 16.5. The number of Topliss-reactive ketones (excluding diaryl/α,β-unsaturated/α-hetero) is 1. The normalized spacial score (nSPS) is 19.0. The lowest BCUT2D eigenvalue weighted by atomic mass is 9.76. The van der Waals surface area contributed by atoms with Gasteiger partial charge in [-0.3, -0.25) is 10.2 Å². The number of benzene rings is 2. The SMILES string of the molecule is CC(NS(=O)(=O)c1ccc2ccccc2c1)C(=O)C1([N]C(=O)NCC2CCN(C(=N)N)CC2)CCCCC1. The standard InChI is InChI=1S/C27H37N6O4S/c1-19(32-38(36,37)23-10-9-21-7-3-4-8-22(21)17-23)24(34)27(13-5-2-6-14-27)31-26(35)30-18-20-11-15-33(16-12-20)25(28)29/h3-4,7-10,17,19-20,32H,2,5-6,11-16,18H2,1H3,(H3,28,29)(H,30,35). The Kier molecular flexibility index (Phi) is 8.57. The number of nitrogens with zero attached hydrogens (tertiary/aromatic N) is 2. The second-order valence-corrected chi connectivity index (χ2v) is 12.1. The number of likely N-dealkylation sites (tertiary alicyclic amines) is 1. The first-order valence-corrected chi connectivity index (χ1v) is 14.7. The van der Waals surface area contributed by atoms with Gasteiger partial charge in [0.1, 0.15) is 5.54 Å². The van der Waals surface area contributed by atoms with E-state index < -0.39 is 27.6 Å². The molecule has 2 amide bonds. The molecule has 1 atom stereocenters. The van der Waals surface area contributed by atoms with Gasteiger partial charge in [0.15, 0.2) is 11.7 Å². The van der Waals surface area contributed by atoms with Crippen molar-refractivity contribution < 1.29 is 18.0 Å². The Morgan fingerprint density at radius 3 is 2.42 bits per heavy atom. The number of fused-ring (bicyclic) bond motifs is 1. The van der Waals surface area contributed by atoms with Crippen molar-refractivity contribution in [2.75, 3.05) is 19.6 Å². The molecule has 5 N–H and O–H groups in total. The first-order valence-electron chi connectivity index (χ1n) is 13.2. The first-order chi connectivity index (χ1) is 18.1. The van der Waals surface area contributed by atoms with Crippen molar-refractivity contribution >= 4 is 38.6 Å². The van der Waals surface area contributed by atoms with E-state index in [0.29, 0.717) is 32.5 Å². The minimum absolute atomic E-state index is 0.0607. The second-order valence-electron chi connectivity index (χ2n) is 10.4. The lowest BCUT2D eigenvalue weighted by molar-refractivity contribution is -0.127. The van der Waals surface area contributed by atoms with Gasteiger partial charge < -0.3 is 16.0 Å². The highest BCUT2D eigenvalue weighted by Gasteiger charge is 2.45. The maximum Gasteiger partial charge on any atom is 0.337 e. The molecule has 1 unspecified atom stereocenters. The molecule has 1 aliphatic carbocycles. The van der Waals surface area contributed by atoms with E-state index in [1.807, 2.05) is 24.3 Å². The van der Waals surface area contributed by atoms with Gasteiger partial charge in [-0.25, -0.2) is 23.3 Å². The Hall–Kier alpha value is -3.18. The average Bonchev–Trinajstić information content (AvgIpc) is 2.91. The summed E-state index contributed by atoms with van der Waals surface area (Å²) in [4.78, 5) is 28.4. The summed E-state index contributed by atoms with van der Waals surface area (Å²) in [5.41, 5.74) is 4.30. The quantitative estimate of drug-likeness (QED) is 0.297. The summed E-state index contributed by atoms with van der Waals surface area (Å²) >= 11 is 0. The second kappa shape index (κ2) is 11.7. The van der Waals surface area contributed by atoms with Crippen LogP contribution < -0.4 is 21.1 Å². The molecular formula is C27H37N6O4S. The molecule has 10 nitrogen and oxygen atoms in total. The molecule has 11 heteroatoms. The van der Waals surface area contributed by atoms with Crippen LogP contribution in [0.3, 0.4) is 0 Å². The van der Waals surface area contributed by atoms with Gasteiger partial charge in [-0.15, -0.1) is 0 Å². The van der Waals surface area contributed by atoms with Gasteiger partial charge in [-0.2, -0.15) is 0 Å². The van der Waals surface area contributed by atoms with Gasteiger partial charge in [0.25, 0.3) is 0 Å². The molecule has 2 aromatic rings. The van der Waals surface area contributed by atoms with Crippen LogP contribution in [0.1, 0.15) is 51.9 Å². The topological polar surface area (TPSA) is 160 Å². The maximum atomic E-state index is 13.6. The van der Waals surface area contributed by atoms with E-state index >= 15 is 0 Å². The molecule has 1 aliphatic heterocycles. The fourth-order valence-electron chi connectivity index (χ4n) is 5.49. The number of hydrogen-bond donors (Lipinski definition) is 4. The number of urea groups is 1. The molecule has 2 fully saturated rings. The molecule has 1 radical (unpaired) electrons. The average molecular weight is 542 g/mol. The minimum atomic E-state index is -3.97. The van der Waals surface area contributed by atoms with Crippen LogP contribution in [0.4, 0.5) is 4.79 Å². The summed E-state index contributed by atoms with van der Waals surface area (Å²) in [7, 11) is -3.97. The third-order valence-corrected chi connectivity index (χ3v) is 9.25. The Balaban J connectivity index is 1.39. The zero-order valence-corrected chi connectivity index (χ0v) is 22.6. The van der Waals surface area contributed by atoms with Crippen LogP contribution >= 0.6 is 0 Å². The summed E-state index contributed by atoms with van der Waals surface area (Å²) in [6, 6.07) is 10.7. The van der Waals surface area contributed by atoms with Crippen molar-refractivity contribution in [3.63, 3.8) is 0 Å². The zero-order valence-electron chi connectivity index (χ0n) is 21.8. The van der Waals surface area contributed by atoms with Crippen molar-refractivity contribution in [3.05, 3.63) is 42.5 Å². The van der Waals surface area contributed by atoms with E-state index in [2.05, 4.69) is 15.4 Å². The number of amides is 2. The Morgan fingerprint density at radius 2 is 1.76 bits per heavy atom. The number of hydrogen-bond acceptors (Lipinski definition) is 5. The molecular weight excluding hydrogens is 504 g/mol. The molecule has 38 heavy (non-hydrogen) atoms. The highest BCUT2D eigenvalue weighted by molar-refractivity contribution is 7.89. The summed E-state index contributed by atoms with van der Waals surface area (Å²) < 4.78 is 28.8. The number of carbonyl (C=O) groups is 2. The number of rotatable bonds is 8. The van der Waals surface area contributed by atoms with Gasteiger partial charge in [0.2, 0.25) is 10.0 Å². The van der Waals surface area contributed by atoms with Gasteiger partial charge in [-0.05, 0) is 61.4 Å². The molecule has 2 aromatic carbocycles. The molecule has 1 saturated carbocycles. The van der Waals surface area contributed by atoms with Gasteiger partial charge >= 0.3 is 6.03 Å². The molecule has 0 bridgehead atoms. The fourth-order valence-corrected chi connectivity index (χ4v) is 6.72. The number of sulfonamides is 1. The van der Waals surface area contributed by atoms with Crippen LogP contribution in [0.25, 0.3) is 10.8 Å². The minimum Gasteiger partial charge on any atom is -0.370 e. The van der Waals surface area contributed by atoms with Crippen LogP contribution in [0.15, 0.2) is 47.4 Å². The van der Waals surface area contributed by atoms with Crippen molar-refractivity contribution in [2.45, 2.75) is 68.3 Å². The number of nitrogens with one attached hydrogen (secondary N) is 3. The Labute approximate surface area is 224 Å². The predicted octanol–water partition coefficient (Wildman–Crippen LogP) is 2.70. The number of nitrogens with two attached hydrogens (primary N) is 1. The molecule has 4 rings (SSSR count). The predicted molar refractivity (Wildman–Crippen MR) is 146 cm³/mol. The van der Waals surface area contributed by atoms with E-state index in [1.165, 1.54) is 13.0 Å². The molecule has 0 spiro atoms. The van der Waals surface area contributed by atoms with Crippen LogP contribution in [0, 0.1) is 11.3 Å². The van der Waals surface area contributed by atoms with Crippen LogP contribution in [0.5, 0.6) is 0 Å². The summed E-state index contributed by atoms with van der Waals surface area (Å²) in [5.74, 6) is -0.0764. The van der Waals surface area contributed by atoms with Gasteiger partial charge in [-0.1, -0.05) is 49.6 Å². The monoisotopic (exact) mass is 541 g/mol. The van der Waals surface area contributed by atoms with E-state index in [0.717, 1.165) is 42.9 Å². The first kappa shape index (κ1) is 27.8. The largest absolute Gasteiger partial charge is 0.370 e. The maximum absolute atomic E-state index is 13.6. The number of guanidine groups is 1. The molecule has 2 aliphatic rings. The van der Waals surface area contributed by atoms with Crippen molar-refractivity contribution in [2.24, 2.45) is 11.7 Å². The smallest absolute Gasteiger partial charge is 0.337 e. The fraction of sp³-hybridized carbons (Fsp3) is 0.519. The van der Waals surface area contributed by atoms with Gasteiger partial charge in [0.05, 0.1) is 10.9 Å². The van der Waals surface area contributed by atoms with Crippen molar-refractivity contribution in [3.8, 4) is 0 Å². The highest BCUT2D eigenvalue weighted by atomic mass is 32.2. The number of piperidine rings is 1. The zero-order chi connectivity index (χ0) is 27.3. The molecule has 205 valence electrons. The number of carbonyl (C=O) groups excluding carboxylic acids is 2. The third-order valence-electron chi connectivity index (χ3n) is 7.71. The van der Waals surface area contributed by atoms with Crippen LogP contribution in [-0.4, -0.2) is 62.3 Å². The Bertz CT molecular complexity index is 1280. The van der Waals surface area contributed by atoms with E-state index in [1.54, 1.807) is 17.0 Å². The van der Waals surface area contributed by atoms with Crippen molar-refractivity contribution in [1.82, 2.24) is 20.3 Å². The van der Waals surface area contributed by atoms with Gasteiger partial charge in [0, 0.05) is 19.6 Å². The van der Waals surface area contributed by atoms with Crippen LogP contribution in [0.2, 0.25) is 0 Å². The number of ketones is 1.